The van der Waals surface area contributed by atoms with Crippen molar-refractivity contribution in [3.63, 3.8) is 0 Å². The minimum atomic E-state index is 0.788. The summed E-state index contributed by atoms with van der Waals surface area (Å²) in [6, 6.07) is 4.33. The Balaban J connectivity index is 2.17. The van der Waals surface area contributed by atoms with E-state index < -0.39 is 0 Å². The zero-order valence-electron chi connectivity index (χ0n) is 5.43. The van der Waals surface area contributed by atoms with Crippen LogP contribution in [-0.4, -0.2) is 13.1 Å². The maximum Gasteiger partial charge on any atom is 0.0701 e. The highest BCUT2D eigenvalue weighted by Gasteiger charge is 2.19. The van der Waals surface area contributed by atoms with E-state index in [1.807, 2.05) is 11.3 Å². The monoisotopic (exact) mass is 217 g/mol. The Morgan fingerprint density at radius 3 is 2.70 bits per heavy atom. The highest BCUT2D eigenvalue weighted by Crippen LogP contribution is 2.30. The Labute approximate surface area is 72.6 Å². The minimum Gasteiger partial charge on any atom is -0.315 e. The fraction of sp³-hybridized carbons (Fsp3) is 0.429. The van der Waals surface area contributed by atoms with Gasteiger partial charge >= 0.3 is 0 Å². The highest BCUT2D eigenvalue weighted by atomic mass is 79.9. The average molecular weight is 218 g/mol. The van der Waals surface area contributed by atoms with Crippen molar-refractivity contribution in [2.24, 2.45) is 0 Å². The second-order valence-electron chi connectivity index (χ2n) is 2.50. The molecule has 0 aromatic carbocycles. The molecule has 0 bridgehead atoms. The van der Waals surface area contributed by atoms with Gasteiger partial charge in [-0.2, -0.15) is 0 Å². The topological polar surface area (TPSA) is 12.0 Å². The first kappa shape index (κ1) is 6.83. The van der Waals surface area contributed by atoms with Gasteiger partial charge in [-0.1, -0.05) is 0 Å². The van der Waals surface area contributed by atoms with Crippen molar-refractivity contribution in [1.82, 2.24) is 5.32 Å². The first-order valence-corrected chi connectivity index (χ1v) is 4.93. The van der Waals surface area contributed by atoms with Crippen LogP contribution in [0.3, 0.4) is 0 Å². The fourth-order valence-electron chi connectivity index (χ4n) is 1.04. The van der Waals surface area contributed by atoms with Crippen LogP contribution in [0.1, 0.15) is 10.8 Å². The standard InChI is InChI=1S/C7H8BrNS/c8-7-2-1-6(10-7)5-3-9-4-5/h1-2,5,9H,3-4H2. The summed E-state index contributed by atoms with van der Waals surface area (Å²) in [5.74, 6) is 0.788. The second-order valence-corrected chi connectivity index (χ2v) is 4.99. The quantitative estimate of drug-likeness (QED) is 0.761. The minimum absolute atomic E-state index is 0.788. The third kappa shape index (κ3) is 1.13. The van der Waals surface area contributed by atoms with Crippen LogP contribution in [0.25, 0.3) is 0 Å². The van der Waals surface area contributed by atoms with E-state index in [0.29, 0.717) is 0 Å². The summed E-state index contributed by atoms with van der Waals surface area (Å²) in [6.45, 7) is 2.32. The molecule has 1 fully saturated rings. The van der Waals surface area contributed by atoms with Crippen LogP contribution < -0.4 is 5.32 Å². The van der Waals surface area contributed by atoms with Crippen LogP contribution in [0.5, 0.6) is 0 Å². The predicted molar refractivity (Wildman–Crippen MR) is 47.6 cm³/mol. The van der Waals surface area contributed by atoms with Crippen LogP contribution in [0.15, 0.2) is 15.9 Å². The normalized spacial score (nSPS) is 18.9. The third-order valence-electron chi connectivity index (χ3n) is 1.78. The lowest BCUT2D eigenvalue weighted by atomic mass is 10.0. The van der Waals surface area contributed by atoms with Crippen LogP contribution >= 0.6 is 27.3 Å². The molecule has 0 saturated carbocycles. The molecule has 2 heterocycles. The summed E-state index contributed by atoms with van der Waals surface area (Å²) in [7, 11) is 0. The van der Waals surface area contributed by atoms with Crippen LogP contribution in [0, 0.1) is 0 Å². The Kier molecular flexibility index (Phi) is 1.80. The van der Waals surface area contributed by atoms with Gasteiger partial charge in [-0.15, -0.1) is 11.3 Å². The van der Waals surface area contributed by atoms with Gasteiger partial charge in [0.05, 0.1) is 3.79 Å². The molecule has 10 heavy (non-hydrogen) atoms. The molecular weight excluding hydrogens is 210 g/mol. The molecule has 1 aliphatic heterocycles. The molecule has 0 amide bonds. The van der Waals surface area contributed by atoms with Crippen molar-refractivity contribution in [3.8, 4) is 0 Å². The first-order chi connectivity index (χ1) is 4.86. The molecule has 1 nitrogen and oxygen atoms in total. The molecule has 0 radical (unpaired) electrons. The Hall–Kier alpha value is 0.140. The number of halogens is 1. The number of hydrogen-bond acceptors (Lipinski definition) is 2. The van der Waals surface area contributed by atoms with Gasteiger partial charge in [-0.05, 0) is 28.1 Å². The molecule has 1 N–H and O–H groups in total. The molecule has 3 heteroatoms. The van der Waals surface area contributed by atoms with E-state index in [-0.39, 0.29) is 0 Å². The molecule has 1 aliphatic rings. The van der Waals surface area contributed by atoms with E-state index in [1.54, 1.807) is 0 Å². The molecule has 1 aromatic rings. The maximum absolute atomic E-state index is 3.45. The van der Waals surface area contributed by atoms with Crippen molar-refractivity contribution < 1.29 is 0 Å². The van der Waals surface area contributed by atoms with Gasteiger partial charge in [-0.25, -0.2) is 0 Å². The van der Waals surface area contributed by atoms with Crippen molar-refractivity contribution in [3.05, 3.63) is 20.8 Å². The Morgan fingerprint density at radius 2 is 2.30 bits per heavy atom. The van der Waals surface area contributed by atoms with Gasteiger partial charge in [-0.3, -0.25) is 0 Å². The lowest BCUT2D eigenvalue weighted by Crippen LogP contribution is -2.39. The first-order valence-electron chi connectivity index (χ1n) is 3.32. The van der Waals surface area contributed by atoms with Gasteiger partial charge in [0.2, 0.25) is 0 Å². The van der Waals surface area contributed by atoms with Crippen LogP contribution in [-0.2, 0) is 0 Å². The maximum atomic E-state index is 3.45. The summed E-state index contributed by atoms with van der Waals surface area (Å²) >= 11 is 5.30. The summed E-state index contributed by atoms with van der Waals surface area (Å²) in [5.41, 5.74) is 0. The SMILES string of the molecule is Brc1ccc(C2CNC2)s1. The van der Waals surface area contributed by atoms with Crippen molar-refractivity contribution in [2.75, 3.05) is 13.1 Å². The summed E-state index contributed by atoms with van der Waals surface area (Å²) in [6.07, 6.45) is 0. The summed E-state index contributed by atoms with van der Waals surface area (Å²) in [5, 5.41) is 3.26. The molecule has 1 aromatic heterocycles. The average Bonchev–Trinajstić information content (AvgIpc) is 2.10. The van der Waals surface area contributed by atoms with Crippen LogP contribution in [0.2, 0.25) is 0 Å². The Bertz CT molecular complexity index is 229. The van der Waals surface area contributed by atoms with Gasteiger partial charge in [0, 0.05) is 23.9 Å². The van der Waals surface area contributed by atoms with E-state index in [9.17, 15) is 0 Å². The van der Waals surface area contributed by atoms with Crippen molar-refractivity contribution in [2.45, 2.75) is 5.92 Å². The zero-order valence-corrected chi connectivity index (χ0v) is 7.83. The van der Waals surface area contributed by atoms with Gasteiger partial charge in [0.25, 0.3) is 0 Å². The fourth-order valence-corrected chi connectivity index (χ4v) is 2.56. The molecule has 2 rings (SSSR count). The zero-order chi connectivity index (χ0) is 6.97. The third-order valence-corrected chi connectivity index (χ3v) is 3.56. The lowest BCUT2D eigenvalue weighted by Gasteiger charge is -2.25. The van der Waals surface area contributed by atoms with E-state index in [2.05, 4.69) is 33.4 Å². The number of rotatable bonds is 1. The van der Waals surface area contributed by atoms with E-state index in [1.165, 1.54) is 8.66 Å². The molecule has 0 atom stereocenters. The predicted octanol–water partition coefficient (Wildman–Crippen LogP) is 2.20. The summed E-state index contributed by atoms with van der Waals surface area (Å²) < 4.78 is 1.24. The number of nitrogens with one attached hydrogen (secondary N) is 1. The second kappa shape index (κ2) is 2.64. The van der Waals surface area contributed by atoms with E-state index >= 15 is 0 Å². The van der Waals surface area contributed by atoms with E-state index in [0.717, 1.165) is 19.0 Å². The molecule has 54 valence electrons. The van der Waals surface area contributed by atoms with Gasteiger partial charge < -0.3 is 5.32 Å². The van der Waals surface area contributed by atoms with E-state index in [4.69, 9.17) is 0 Å². The largest absolute Gasteiger partial charge is 0.315 e. The number of thiophene rings is 1. The molecule has 0 unspecified atom stereocenters. The molecular formula is C7H8BrNS. The van der Waals surface area contributed by atoms with Gasteiger partial charge in [0.15, 0.2) is 0 Å². The smallest absolute Gasteiger partial charge is 0.0701 e. The highest BCUT2D eigenvalue weighted by molar-refractivity contribution is 9.11. The van der Waals surface area contributed by atoms with Crippen LogP contribution in [0.4, 0.5) is 0 Å². The van der Waals surface area contributed by atoms with Gasteiger partial charge in [0.1, 0.15) is 0 Å². The van der Waals surface area contributed by atoms with Crippen molar-refractivity contribution in [1.29, 1.82) is 0 Å². The molecule has 0 spiro atoms. The Morgan fingerprint density at radius 1 is 1.50 bits per heavy atom. The number of hydrogen-bond donors (Lipinski definition) is 1. The van der Waals surface area contributed by atoms with Crippen molar-refractivity contribution >= 4 is 27.3 Å². The molecule has 1 saturated heterocycles. The lowest BCUT2D eigenvalue weighted by molar-refractivity contribution is 0.454. The summed E-state index contributed by atoms with van der Waals surface area (Å²) in [4.78, 5) is 1.51. The molecule has 0 aliphatic carbocycles.